The van der Waals surface area contributed by atoms with Gasteiger partial charge in [0.15, 0.2) is 0 Å². The zero-order valence-corrected chi connectivity index (χ0v) is 15.5. The van der Waals surface area contributed by atoms with Crippen molar-refractivity contribution in [3.63, 3.8) is 0 Å². The highest BCUT2D eigenvalue weighted by Gasteiger charge is 2.23. The van der Waals surface area contributed by atoms with Crippen LogP contribution in [0.15, 0.2) is 30.6 Å². The lowest BCUT2D eigenvalue weighted by atomic mass is 10.0. The largest absolute Gasteiger partial charge is 0.378 e. The van der Waals surface area contributed by atoms with Gasteiger partial charge < -0.3 is 15.0 Å². The topological polar surface area (TPSA) is 76.5 Å². The molecule has 2 aromatic rings. The fraction of sp³-hybridized carbons (Fsp3) is 0.450. The highest BCUT2D eigenvalue weighted by molar-refractivity contribution is 6.05. The van der Waals surface area contributed by atoms with E-state index >= 15 is 0 Å². The number of aromatic nitrogens is 2. The first kappa shape index (κ1) is 17.7. The summed E-state index contributed by atoms with van der Waals surface area (Å²) in [5.74, 6) is 0.464. The van der Waals surface area contributed by atoms with Crippen LogP contribution in [0.25, 0.3) is 0 Å². The molecule has 7 heteroatoms. The number of nitrogens with one attached hydrogen (secondary N) is 1. The maximum Gasteiger partial charge on any atom is 0.258 e. The molecule has 0 unspecified atom stereocenters. The second kappa shape index (κ2) is 7.52. The fourth-order valence-electron chi connectivity index (χ4n) is 3.28. The Balaban J connectivity index is 1.47. The van der Waals surface area contributed by atoms with Gasteiger partial charge in [0.1, 0.15) is 0 Å². The van der Waals surface area contributed by atoms with Crippen molar-refractivity contribution in [1.29, 1.82) is 0 Å². The highest BCUT2D eigenvalue weighted by atomic mass is 16.5. The zero-order chi connectivity index (χ0) is 18.8. The minimum absolute atomic E-state index is 0.0239. The summed E-state index contributed by atoms with van der Waals surface area (Å²) in [4.78, 5) is 27.2. The summed E-state index contributed by atoms with van der Waals surface area (Å²) in [5, 5.41) is 7.19. The molecule has 0 radical (unpaired) electrons. The van der Waals surface area contributed by atoms with Crippen LogP contribution in [0.3, 0.4) is 0 Å². The van der Waals surface area contributed by atoms with Gasteiger partial charge in [-0.25, -0.2) is 0 Å². The Morgan fingerprint density at radius 2 is 2.04 bits per heavy atom. The van der Waals surface area contributed by atoms with Gasteiger partial charge in [-0.1, -0.05) is 6.07 Å². The van der Waals surface area contributed by atoms with Gasteiger partial charge in [-0.15, -0.1) is 0 Å². The van der Waals surface area contributed by atoms with Crippen molar-refractivity contribution < 1.29 is 14.3 Å². The van der Waals surface area contributed by atoms with E-state index in [0.29, 0.717) is 49.0 Å². The molecule has 0 atom stereocenters. The monoisotopic (exact) mass is 368 g/mol. The molecular weight excluding hydrogens is 344 g/mol. The number of anilines is 1. The van der Waals surface area contributed by atoms with E-state index in [1.165, 1.54) is 12.8 Å². The Morgan fingerprint density at radius 1 is 1.26 bits per heavy atom. The number of ether oxygens (including phenoxy) is 1. The van der Waals surface area contributed by atoms with Gasteiger partial charge in [0.2, 0.25) is 0 Å². The molecule has 4 rings (SSSR count). The average Bonchev–Trinajstić information content (AvgIpc) is 3.38. The molecule has 1 N–H and O–H groups in total. The van der Waals surface area contributed by atoms with Crippen molar-refractivity contribution in [1.82, 2.24) is 14.7 Å². The number of rotatable bonds is 5. The highest BCUT2D eigenvalue weighted by Crippen LogP contribution is 2.30. The standard InChI is InChI=1S/C20H24N4O3/c1-14-17(20(26)23-7-9-27-10-8-23)3-2-4-18(14)22-19(25)16-11-21-24(13-16)12-15-5-6-15/h2-4,11,13,15H,5-10,12H2,1H3,(H,22,25). The lowest BCUT2D eigenvalue weighted by Gasteiger charge is -2.27. The average molecular weight is 368 g/mol. The summed E-state index contributed by atoms with van der Waals surface area (Å²) in [7, 11) is 0. The van der Waals surface area contributed by atoms with E-state index < -0.39 is 0 Å². The van der Waals surface area contributed by atoms with E-state index in [-0.39, 0.29) is 11.8 Å². The number of hydrogen-bond acceptors (Lipinski definition) is 4. The Morgan fingerprint density at radius 3 is 2.78 bits per heavy atom. The molecule has 0 spiro atoms. The maximum absolute atomic E-state index is 12.8. The molecule has 1 saturated heterocycles. The van der Waals surface area contributed by atoms with Crippen LogP contribution in [0.5, 0.6) is 0 Å². The van der Waals surface area contributed by atoms with Crippen molar-refractivity contribution in [2.45, 2.75) is 26.3 Å². The third-order valence-electron chi connectivity index (χ3n) is 5.15. The fourth-order valence-corrected chi connectivity index (χ4v) is 3.28. The van der Waals surface area contributed by atoms with Gasteiger partial charge >= 0.3 is 0 Å². The number of benzene rings is 1. The van der Waals surface area contributed by atoms with Crippen LogP contribution in [0.2, 0.25) is 0 Å². The number of amides is 2. The van der Waals surface area contributed by atoms with E-state index in [9.17, 15) is 9.59 Å². The minimum Gasteiger partial charge on any atom is -0.378 e. The molecule has 1 aliphatic heterocycles. The first-order valence-corrected chi connectivity index (χ1v) is 9.42. The van der Waals surface area contributed by atoms with E-state index in [2.05, 4.69) is 10.4 Å². The van der Waals surface area contributed by atoms with E-state index in [0.717, 1.165) is 12.1 Å². The molecule has 1 saturated carbocycles. The summed E-state index contributed by atoms with van der Waals surface area (Å²) >= 11 is 0. The summed E-state index contributed by atoms with van der Waals surface area (Å²) in [6, 6.07) is 5.42. The SMILES string of the molecule is Cc1c(NC(=O)c2cnn(CC3CC3)c2)cccc1C(=O)N1CCOCC1. The number of morpholine rings is 1. The van der Waals surface area contributed by atoms with Gasteiger partial charge in [0.05, 0.1) is 25.0 Å². The molecule has 1 aromatic carbocycles. The van der Waals surface area contributed by atoms with Gasteiger partial charge in [-0.3, -0.25) is 14.3 Å². The van der Waals surface area contributed by atoms with Crippen LogP contribution in [-0.2, 0) is 11.3 Å². The molecule has 142 valence electrons. The summed E-state index contributed by atoms with van der Waals surface area (Å²) in [5.41, 5.74) is 2.56. The summed E-state index contributed by atoms with van der Waals surface area (Å²) in [6.07, 6.45) is 5.86. The Hall–Kier alpha value is -2.67. The van der Waals surface area contributed by atoms with Crippen LogP contribution < -0.4 is 5.32 Å². The molecule has 27 heavy (non-hydrogen) atoms. The molecule has 2 heterocycles. The molecule has 7 nitrogen and oxygen atoms in total. The Kier molecular flexibility index (Phi) is 4.94. The van der Waals surface area contributed by atoms with E-state index in [1.807, 2.05) is 17.7 Å². The second-order valence-electron chi connectivity index (χ2n) is 7.23. The lowest BCUT2D eigenvalue weighted by Crippen LogP contribution is -2.41. The third kappa shape index (κ3) is 4.03. The Bertz CT molecular complexity index is 851. The van der Waals surface area contributed by atoms with Gasteiger partial charge in [0.25, 0.3) is 11.8 Å². The minimum atomic E-state index is -0.212. The maximum atomic E-state index is 12.8. The molecule has 0 bridgehead atoms. The number of carbonyl (C=O) groups excluding carboxylic acids is 2. The zero-order valence-electron chi connectivity index (χ0n) is 15.5. The van der Waals surface area contributed by atoms with Crippen molar-refractivity contribution in [3.05, 3.63) is 47.3 Å². The number of nitrogens with zero attached hydrogens (tertiary/aromatic N) is 3. The molecule has 2 amide bonds. The molecule has 2 aliphatic rings. The van der Waals surface area contributed by atoms with Crippen LogP contribution in [0, 0.1) is 12.8 Å². The van der Waals surface area contributed by atoms with E-state index in [4.69, 9.17) is 4.74 Å². The molecule has 2 fully saturated rings. The van der Waals surface area contributed by atoms with Crippen LogP contribution in [0.4, 0.5) is 5.69 Å². The number of carbonyl (C=O) groups is 2. The Labute approximate surface area is 158 Å². The van der Waals surface area contributed by atoms with Gasteiger partial charge in [-0.2, -0.15) is 5.10 Å². The summed E-state index contributed by atoms with van der Waals surface area (Å²) in [6.45, 7) is 5.04. The first-order valence-electron chi connectivity index (χ1n) is 9.42. The predicted molar refractivity (Wildman–Crippen MR) is 101 cm³/mol. The van der Waals surface area contributed by atoms with Gasteiger partial charge in [0, 0.05) is 37.1 Å². The summed E-state index contributed by atoms with van der Waals surface area (Å²) < 4.78 is 7.14. The van der Waals surface area contributed by atoms with Crippen molar-refractivity contribution in [2.75, 3.05) is 31.6 Å². The van der Waals surface area contributed by atoms with Crippen LogP contribution in [0.1, 0.15) is 39.1 Å². The molecular formula is C20H24N4O3. The van der Waals surface area contributed by atoms with Crippen molar-refractivity contribution >= 4 is 17.5 Å². The van der Waals surface area contributed by atoms with Gasteiger partial charge in [-0.05, 0) is 43.4 Å². The second-order valence-corrected chi connectivity index (χ2v) is 7.23. The quantitative estimate of drug-likeness (QED) is 0.879. The smallest absolute Gasteiger partial charge is 0.258 e. The van der Waals surface area contributed by atoms with Crippen LogP contribution >= 0.6 is 0 Å². The predicted octanol–water partition coefficient (Wildman–Crippen LogP) is 2.33. The number of hydrogen-bond donors (Lipinski definition) is 1. The lowest BCUT2D eigenvalue weighted by molar-refractivity contribution is 0.0302. The van der Waals surface area contributed by atoms with Crippen molar-refractivity contribution in [2.24, 2.45) is 5.92 Å². The third-order valence-corrected chi connectivity index (χ3v) is 5.15. The van der Waals surface area contributed by atoms with Crippen molar-refractivity contribution in [3.8, 4) is 0 Å². The molecule has 1 aliphatic carbocycles. The molecule has 1 aromatic heterocycles. The first-order chi connectivity index (χ1) is 13.1. The normalized spacial score (nSPS) is 17.0. The van der Waals surface area contributed by atoms with E-state index in [1.54, 1.807) is 29.4 Å². The van der Waals surface area contributed by atoms with Crippen LogP contribution in [-0.4, -0.2) is 52.8 Å².